The van der Waals surface area contributed by atoms with Gasteiger partial charge in [-0.2, -0.15) is 0 Å². The molecule has 2 aliphatic carbocycles. The molecule has 45 heavy (non-hydrogen) atoms. The van der Waals surface area contributed by atoms with Crippen LogP contribution in [-0.2, 0) is 38.1 Å². The molecule has 0 spiro atoms. The molecule has 2 saturated heterocycles. The van der Waals surface area contributed by atoms with Crippen molar-refractivity contribution >= 4 is 34.8 Å². The molecule has 3 aliphatic heterocycles. The summed E-state index contributed by atoms with van der Waals surface area (Å²) in [5.74, 6) is -2.26. The monoisotopic (exact) mass is 622 g/mol. The van der Waals surface area contributed by atoms with Gasteiger partial charge < -0.3 is 28.1 Å². The molecule has 240 valence electrons. The zero-order valence-electron chi connectivity index (χ0n) is 26.8. The molecule has 7 rings (SSSR count). The van der Waals surface area contributed by atoms with Crippen LogP contribution in [0.25, 0.3) is 11.0 Å². The Kier molecular flexibility index (Phi) is 5.61. The molecule has 4 heterocycles. The average molecular weight is 623 g/mol. The van der Waals surface area contributed by atoms with E-state index in [4.69, 9.17) is 28.1 Å². The standard InChI is InChI=1S/C34H38O11/c1-28(2)23(42-27(39)34-16-14-32(8,25(37)45-34)30(34,5)6)22(20-18(43-28)11-9-17-10-12-19(35)40-21(17)20)41-26(38)33-15-13-31(7,24(36)44-33)29(33,3)4/h9-12,22-23H,13-16H2,1-8H3/t22-,23+,31-,32-,33+,34+/m0/s1. The molecule has 2 aromatic rings. The minimum absolute atomic E-state index is 0.102. The maximum Gasteiger partial charge on any atom is 0.351 e. The normalized spacial score (nSPS) is 37.9. The Hall–Kier alpha value is -3.89. The molecule has 5 aliphatic rings. The van der Waals surface area contributed by atoms with Gasteiger partial charge in [-0.25, -0.2) is 14.4 Å². The molecule has 1 aromatic heterocycles. The lowest BCUT2D eigenvalue weighted by Crippen LogP contribution is -2.57. The van der Waals surface area contributed by atoms with Crippen LogP contribution in [0.1, 0.15) is 92.7 Å². The molecule has 0 N–H and O–H groups in total. The first kappa shape index (κ1) is 29.8. The zero-order chi connectivity index (χ0) is 32.8. The van der Waals surface area contributed by atoms with Gasteiger partial charge in [-0.1, -0.05) is 27.7 Å². The van der Waals surface area contributed by atoms with E-state index in [0.717, 1.165) is 0 Å². The van der Waals surface area contributed by atoms with E-state index >= 15 is 0 Å². The lowest BCUT2D eigenvalue weighted by Gasteiger charge is -2.45. The molecule has 11 heteroatoms. The van der Waals surface area contributed by atoms with Crippen LogP contribution < -0.4 is 10.4 Å². The number of rotatable bonds is 4. The van der Waals surface area contributed by atoms with Crippen LogP contribution in [0.5, 0.6) is 5.75 Å². The van der Waals surface area contributed by atoms with Crippen molar-refractivity contribution < 1.29 is 47.3 Å². The number of hydrogen-bond donors (Lipinski definition) is 0. The fourth-order valence-electron chi connectivity index (χ4n) is 8.50. The van der Waals surface area contributed by atoms with Gasteiger partial charge in [0.2, 0.25) is 11.2 Å². The van der Waals surface area contributed by atoms with Crippen molar-refractivity contribution in [3.63, 3.8) is 0 Å². The van der Waals surface area contributed by atoms with Gasteiger partial charge in [0.05, 0.1) is 16.4 Å². The van der Waals surface area contributed by atoms with Crippen molar-refractivity contribution in [2.75, 3.05) is 0 Å². The van der Waals surface area contributed by atoms with E-state index in [2.05, 4.69) is 0 Å². The Labute approximate surface area is 259 Å². The first-order valence-electron chi connectivity index (χ1n) is 15.4. The topological polar surface area (TPSA) is 145 Å². The van der Waals surface area contributed by atoms with Crippen LogP contribution in [-0.4, -0.2) is 46.8 Å². The van der Waals surface area contributed by atoms with Crippen LogP contribution in [0.2, 0.25) is 0 Å². The number of esters is 4. The minimum atomic E-state index is -1.59. The molecule has 4 fully saturated rings. The van der Waals surface area contributed by atoms with E-state index in [-0.39, 0.29) is 29.7 Å². The summed E-state index contributed by atoms with van der Waals surface area (Å²) in [6.45, 7) is 14.2. The summed E-state index contributed by atoms with van der Waals surface area (Å²) < 4.78 is 36.2. The quantitative estimate of drug-likeness (QED) is 0.266. The molecule has 11 nitrogen and oxygen atoms in total. The first-order chi connectivity index (χ1) is 20.8. The molecule has 1 aromatic carbocycles. The largest absolute Gasteiger partial charge is 0.483 e. The summed E-state index contributed by atoms with van der Waals surface area (Å²) >= 11 is 0. The number of carbonyl (C=O) groups excluding carboxylic acids is 4. The number of hydrogen-bond acceptors (Lipinski definition) is 11. The van der Waals surface area contributed by atoms with Gasteiger partial charge in [0.25, 0.3) is 0 Å². The van der Waals surface area contributed by atoms with Crippen LogP contribution in [0, 0.1) is 21.7 Å². The fourth-order valence-corrected chi connectivity index (χ4v) is 8.50. The van der Waals surface area contributed by atoms with Gasteiger partial charge in [-0.15, -0.1) is 0 Å². The average Bonchev–Trinajstić information content (AvgIpc) is 3.42. The highest BCUT2D eigenvalue weighted by atomic mass is 16.7. The molecular weight excluding hydrogens is 584 g/mol. The summed E-state index contributed by atoms with van der Waals surface area (Å²) in [6, 6.07) is 6.22. The Morgan fingerprint density at radius 1 is 0.689 bits per heavy atom. The third-order valence-corrected chi connectivity index (χ3v) is 12.7. The van der Waals surface area contributed by atoms with E-state index in [0.29, 0.717) is 18.2 Å². The van der Waals surface area contributed by atoms with Crippen molar-refractivity contribution in [3.05, 3.63) is 40.2 Å². The Morgan fingerprint density at radius 3 is 1.69 bits per heavy atom. The van der Waals surface area contributed by atoms with Crippen molar-refractivity contribution in [1.29, 1.82) is 0 Å². The molecule has 6 atom stereocenters. The summed E-state index contributed by atoms with van der Waals surface area (Å²) in [7, 11) is 0. The smallest absolute Gasteiger partial charge is 0.351 e. The van der Waals surface area contributed by atoms with Crippen LogP contribution in [0.15, 0.2) is 33.5 Å². The van der Waals surface area contributed by atoms with E-state index < -0.39 is 80.2 Å². The van der Waals surface area contributed by atoms with Crippen LogP contribution in [0.4, 0.5) is 0 Å². The highest BCUT2D eigenvalue weighted by Crippen LogP contribution is 2.67. The van der Waals surface area contributed by atoms with Crippen LogP contribution >= 0.6 is 0 Å². The molecule has 4 bridgehead atoms. The molecule has 0 amide bonds. The second kappa shape index (κ2) is 8.47. The zero-order valence-corrected chi connectivity index (χ0v) is 26.8. The molecule has 2 saturated carbocycles. The second-order valence-electron chi connectivity index (χ2n) is 15.4. The van der Waals surface area contributed by atoms with Crippen molar-refractivity contribution in [3.8, 4) is 5.75 Å². The van der Waals surface area contributed by atoms with Crippen molar-refractivity contribution in [2.24, 2.45) is 21.7 Å². The number of benzene rings is 1. The highest BCUT2D eigenvalue weighted by molar-refractivity contribution is 5.95. The van der Waals surface area contributed by atoms with Gasteiger partial charge in [-0.05, 0) is 71.6 Å². The number of ether oxygens (including phenoxy) is 5. The molecule has 0 unspecified atom stereocenters. The van der Waals surface area contributed by atoms with Gasteiger partial charge in [0, 0.05) is 22.3 Å². The van der Waals surface area contributed by atoms with E-state index in [9.17, 15) is 24.0 Å². The van der Waals surface area contributed by atoms with E-state index in [1.807, 2.05) is 27.7 Å². The SMILES string of the molecule is CC1(C)Oc2ccc3ccc(=O)oc3c2[C@H](OC(=O)[C@@]23CC[C@@](C)(C(=O)O2)C3(C)C)[C@H]1OC(=O)[C@@]12CC[C@@](C)(C(=O)O1)C2(C)C. The van der Waals surface area contributed by atoms with Crippen LogP contribution in [0.3, 0.4) is 0 Å². The Bertz CT molecular complexity index is 1780. The van der Waals surface area contributed by atoms with Gasteiger partial charge in [-0.3, -0.25) is 9.59 Å². The summed E-state index contributed by atoms with van der Waals surface area (Å²) in [4.78, 5) is 67.1. The molecule has 0 radical (unpaired) electrons. The summed E-state index contributed by atoms with van der Waals surface area (Å²) in [5, 5.41) is 0.526. The van der Waals surface area contributed by atoms with Gasteiger partial charge in [0.1, 0.15) is 16.9 Å². The van der Waals surface area contributed by atoms with Gasteiger partial charge >= 0.3 is 29.5 Å². The van der Waals surface area contributed by atoms with Gasteiger partial charge in [0.15, 0.2) is 12.2 Å². The summed E-state index contributed by atoms with van der Waals surface area (Å²) in [6.07, 6.45) is -1.26. The fraction of sp³-hybridized carbons (Fsp3) is 0.618. The highest BCUT2D eigenvalue weighted by Gasteiger charge is 2.78. The third-order valence-electron chi connectivity index (χ3n) is 12.7. The number of carbonyl (C=O) groups is 4. The predicted molar refractivity (Wildman–Crippen MR) is 156 cm³/mol. The lowest BCUT2D eigenvalue weighted by molar-refractivity contribution is -0.217. The van der Waals surface area contributed by atoms with E-state index in [1.54, 1.807) is 45.9 Å². The lowest BCUT2D eigenvalue weighted by atomic mass is 9.66. The maximum atomic E-state index is 14.4. The van der Waals surface area contributed by atoms with E-state index in [1.165, 1.54) is 6.07 Å². The Balaban J connectivity index is 1.36. The predicted octanol–water partition coefficient (Wildman–Crippen LogP) is 4.70. The second-order valence-corrected chi connectivity index (χ2v) is 15.4. The van der Waals surface area contributed by atoms with Crippen molar-refractivity contribution in [2.45, 2.75) is 110 Å². The maximum absolute atomic E-state index is 14.4. The first-order valence-corrected chi connectivity index (χ1v) is 15.4. The van der Waals surface area contributed by atoms with Crippen molar-refractivity contribution in [1.82, 2.24) is 0 Å². The number of fused-ring (bicyclic) bond motifs is 7. The Morgan fingerprint density at radius 2 is 1.20 bits per heavy atom. The summed E-state index contributed by atoms with van der Waals surface area (Å²) in [5.41, 5.74) is -8.36. The third kappa shape index (κ3) is 3.29. The minimum Gasteiger partial charge on any atom is -0.483 e. The molecular formula is C34H38O11.